The first-order chi connectivity index (χ1) is 15.4. The van der Waals surface area contributed by atoms with E-state index in [4.69, 9.17) is 19.6 Å². The molecule has 3 rings (SSSR count). The summed E-state index contributed by atoms with van der Waals surface area (Å²) in [7, 11) is 0. The number of nitrogens with zero attached hydrogens (tertiary/aromatic N) is 1. The van der Waals surface area contributed by atoms with Crippen LogP contribution in [0.25, 0.3) is 0 Å². The summed E-state index contributed by atoms with van der Waals surface area (Å²) in [5.74, 6) is 0.888. The van der Waals surface area contributed by atoms with Gasteiger partial charge in [-0.15, -0.1) is 6.58 Å². The van der Waals surface area contributed by atoms with Crippen molar-refractivity contribution < 1.29 is 19.4 Å². The van der Waals surface area contributed by atoms with Crippen molar-refractivity contribution in [1.82, 2.24) is 5.32 Å². The third-order valence-electron chi connectivity index (χ3n) is 5.09. The van der Waals surface area contributed by atoms with Crippen LogP contribution in [0.2, 0.25) is 0 Å². The molecule has 1 aliphatic heterocycles. The summed E-state index contributed by atoms with van der Waals surface area (Å²) < 4.78 is 12.8. The number of hydrogen-bond acceptors (Lipinski definition) is 5. The molecule has 1 aliphatic rings. The van der Waals surface area contributed by atoms with E-state index in [1.807, 2.05) is 62.4 Å². The van der Waals surface area contributed by atoms with Crippen molar-refractivity contribution in [2.45, 2.75) is 44.4 Å². The van der Waals surface area contributed by atoms with Crippen LogP contribution in [-0.2, 0) is 9.53 Å². The quantitative estimate of drug-likeness (QED) is 0.369. The Kier molecular flexibility index (Phi) is 8.10. The number of benzene rings is 2. The lowest BCUT2D eigenvalue weighted by atomic mass is 9.84. The average molecular weight is 501 g/mol. The van der Waals surface area contributed by atoms with E-state index in [0.29, 0.717) is 31.1 Å². The zero-order valence-electron chi connectivity index (χ0n) is 18.4. The first-order valence-electron chi connectivity index (χ1n) is 10.7. The molecule has 0 aromatic heterocycles. The molecular weight excluding hydrogens is 472 g/mol. The summed E-state index contributed by atoms with van der Waals surface area (Å²) in [5.41, 5.74) is 0.414. The molecule has 0 aliphatic carbocycles. The number of nitrogens with one attached hydrogen (secondary N) is 1. The highest BCUT2D eigenvalue weighted by Crippen LogP contribution is 2.44. The van der Waals surface area contributed by atoms with Crippen LogP contribution < -0.4 is 10.1 Å². The van der Waals surface area contributed by atoms with Crippen LogP contribution >= 0.6 is 15.9 Å². The first-order valence-corrected chi connectivity index (χ1v) is 11.5. The number of ether oxygens (including phenoxy) is 2. The number of aliphatic imine (C=N–C) groups is 1. The molecule has 2 N–H and O–H groups in total. The minimum Gasteiger partial charge on any atom is -0.494 e. The molecular formula is C25H29BrN2O4. The fraction of sp³-hybridized carbons (Fsp3) is 0.360. The van der Waals surface area contributed by atoms with E-state index in [1.54, 1.807) is 6.08 Å². The van der Waals surface area contributed by atoms with E-state index in [1.165, 1.54) is 0 Å². The van der Waals surface area contributed by atoms with Crippen LogP contribution in [-0.4, -0.2) is 41.7 Å². The van der Waals surface area contributed by atoms with Crippen molar-refractivity contribution in [1.29, 1.82) is 0 Å². The lowest BCUT2D eigenvalue weighted by Crippen LogP contribution is -2.50. The van der Waals surface area contributed by atoms with Gasteiger partial charge >= 0.3 is 0 Å². The van der Waals surface area contributed by atoms with Crippen molar-refractivity contribution in [3.05, 3.63) is 76.8 Å². The molecule has 32 heavy (non-hydrogen) atoms. The van der Waals surface area contributed by atoms with E-state index in [9.17, 15) is 4.79 Å². The third kappa shape index (κ3) is 5.22. The van der Waals surface area contributed by atoms with Gasteiger partial charge in [0.05, 0.1) is 6.61 Å². The Hall–Kier alpha value is -2.64. The number of amides is 1. The molecule has 1 amide bonds. The van der Waals surface area contributed by atoms with Crippen LogP contribution in [0.15, 0.2) is 70.7 Å². The standard InChI is InChI=1S/C25H29BrN2O4/c1-4-14-25(24(30)27-17(2)3)22(20-8-5-6-9-21(20)26)32-23(28-25)18-10-12-19(13-11-18)31-16-7-15-29/h4-6,8-13,17,22,29H,1,7,14-16H2,2-3H3,(H,27,30)/t22-,25-/m1/s1. The van der Waals surface area contributed by atoms with E-state index in [2.05, 4.69) is 27.8 Å². The van der Waals surface area contributed by atoms with Gasteiger partial charge in [-0.05, 0) is 44.2 Å². The summed E-state index contributed by atoms with van der Waals surface area (Å²) >= 11 is 3.60. The molecule has 2 aromatic carbocycles. The molecule has 2 aromatic rings. The van der Waals surface area contributed by atoms with Crippen LogP contribution in [0.1, 0.15) is 43.9 Å². The average Bonchev–Trinajstić information content (AvgIpc) is 3.15. The van der Waals surface area contributed by atoms with E-state index < -0.39 is 11.6 Å². The van der Waals surface area contributed by atoms with Crippen molar-refractivity contribution in [3.8, 4) is 5.75 Å². The maximum absolute atomic E-state index is 13.4. The number of carbonyl (C=O) groups excluding carboxylic acids is 1. The number of carbonyl (C=O) groups is 1. The maximum Gasteiger partial charge on any atom is 0.252 e. The molecule has 0 bridgehead atoms. The fourth-order valence-electron chi connectivity index (χ4n) is 3.59. The number of halogens is 1. The van der Waals surface area contributed by atoms with Gasteiger partial charge in [0.25, 0.3) is 5.91 Å². The number of hydrogen-bond donors (Lipinski definition) is 2. The van der Waals surface area contributed by atoms with Crippen molar-refractivity contribution in [2.24, 2.45) is 4.99 Å². The van der Waals surface area contributed by atoms with Gasteiger partial charge in [-0.25, -0.2) is 4.99 Å². The molecule has 2 atom stereocenters. The highest BCUT2D eigenvalue weighted by molar-refractivity contribution is 9.10. The summed E-state index contributed by atoms with van der Waals surface area (Å²) in [6.45, 7) is 8.24. The van der Waals surface area contributed by atoms with Crippen molar-refractivity contribution in [3.63, 3.8) is 0 Å². The van der Waals surface area contributed by atoms with Gasteiger partial charge in [0.1, 0.15) is 5.75 Å². The second-order valence-electron chi connectivity index (χ2n) is 7.93. The minimum absolute atomic E-state index is 0.0429. The second kappa shape index (κ2) is 10.8. The maximum atomic E-state index is 13.4. The molecule has 6 nitrogen and oxygen atoms in total. The molecule has 1 heterocycles. The largest absolute Gasteiger partial charge is 0.494 e. The van der Waals surface area contributed by atoms with Gasteiger partial charge in [-0.2, -0.15) is 0 Å². The summed E-state index contributed by atoms with van der Waals surface area (Å²) in [4.78, 5) is 18.3. The van der Waals surface area contributed by atoms with Gasteiger partial charge in [0, 0.05) is 41.1 Å². The summed E-state index contributed by atoms with van der Waals surface area (Å²) in [5, 5.41) is 11.9. The molecule has 170 valence electrons. The highest BCUT2D eigenvalue weighted by atomic mass is 79.9. The van der Waals surface area contributed by atoms with Crippen molar-refractivity contribution >= 4 is 27.7 Å². The Morgan fingerprint density at radius 3 is 2.66 bits per heavy atom. The second-order valence-corrected chi connectivity index (χ2v) is 8.79. The van der Waals surface area contributed by atoms with Crippen molar-refractivity contribution in [2.75, 3.05) is 13.2 Å². The summed E-state index contributed by atoms with van der Waals surface area (Å²) in [6, 6.07) is 15.0. The minimum atomic E-state index is -1.18. The Labute approximate surface area is 197 Å². The van der Waals surface area contributed by atoms with Gasteiger partial charge in [-0.1, -0.05) is 40.2 Å². The normalized spacial score (nSPS) is 19.9. The SMILES string of the molecule is C=CC[C@@]1(C(=O)NC(C)C)N=C(c2ccc(OCCCO)cc2)O[C@@H]1c1ccccc1Br. The van der Waals surface area contributed by atoms with E-state index in [0.717, 1.165) is 15.6 Å². The topological polar surface area (TPSA) is 80.2 Å². The van der Waals surface area contributed by atoms with Gasteiger partial charge in [0.2, 0.25) is 5.90 Å². The lowest BCUT2D eigenvalue weighted by Gasteiger charge is -2.31. The molecule has 0 saturated heterocycles. The Balaban J connectivity index is 2.00. The smallest absolute Gasteiger partial charge is 0.252 e. The monoisotopic (exact) mass is 500 g/mol. The molecule has 0 fully saturated rings. The summed E-state index contributed by atoms with van der Waals surface area (Å²) in [6.07, 6.45) is 1.98. The Morgan fingerprint density at radius 1 is 1.31 bits per heavy atom. The predicted molar refractivity (Wildman–Crippen MR) is 129 cm³/mol. The van der Waals surface area contributed by atoms with Gasteiger partial charge in [0.15, 0.2) is 11.6 Å². The van der Waals surface area contributed by atoms with Gasteiger partial charge < -0.3 is 19.9 Å². The predicted octanol–water partition coefficient (Wildman–Crippen LogP) is 4.57. The Bertz CT molecular complexity index is 974. The molecule has 7 heteroatoms. The van der Waals surface area contributed by atoms with E-state index >= 15 is 0 Å². The molecule has 0 unspecified atom stereocenters. The van der Waals surface area contributed by atoms with Crippen LogP contribution in [0, 0.1) is 0 Å². The van der Waals surface area contributed by atoms with Crippen LogP contribution in [0.3, 0.4) is 0 Å². The highest BCUT2D eigenvalue weighted by Gasteiger charge is 2.53. The number of aliphatic hydroxyl groups excluding tert-OH is 1. The van der Waals surface area contributed by atoms with E-state index in [-0.39, 0.29) is 18.6 Å². The third-order valence-corrected chi connectivity index (χ3v) is 5.82. The molecule has 0 spiro atoms. The fourth-order valence-corrected chi connectivity index (χ4v) is 4.08. The van der Waals surface area contributed by atoms with Gasteiger partial charge in [-0.3, -0.25) is 4.79 Å². The number of aliphatic hydroxyl groups is 1. The first kappa shape index (κ1) is 24.0. The molecule has 0 radical (unpaired) electrons. The number of rotatable bonds is 10. The lowest BCUT2D eigenvalue weighted by molar-refractivity contribution is -0.129. The Morgan fingerprint density at radius 2 is 2.03 bits per heavy atom. The van der Waals surface area contributed by atoms with Crippen LogP contribution in [0.5, 0.6) is 5.75 Å². The molecule has 0 saturated carbocycles. The zero-order valence-corrected chi connectivity index (χ0v) is 20.0. The van der Waals surface area contributed by atoms with Crippen LogP contribution in [0.4, 0.5) is 0 Å². The zero-order chi connectivity index (χ0) is 23.1.